The Kier molecular flexibility index (Phi) is 9.08. The van der Waals surface area contributed by atoms with Crippen LogP contribution >= 0.6 is 23.2 Å². The van der Waals surface area contributed by atoms with Crippen LogP contribution in [0.3, 0.4) is 0 Å². The molecule has 2 aromatic rings. The first-order valence-electron chi connectivity index (χ1n) is 11.8. The molecule has 36 heavy (non-hydrogen) atoms. The van der Waals surface area contributed by atoms with Crippen LogP contribution in [0, 0.1) is 5.41 Å². The lowest BCUT2D eigenvalue weighted by Gasteiger charge is -2.36. The molecule has 2 aromatic carbocycles. The van der Waals surface area contributed by atoms with E-state index in [4.69, 9.17) is 23.2 Å². The smallest absolute Gasteiger partial charge is 0.322 e. The molecule has 1 fully saturated rings. The van der Waals surface area contributed by atoms with Crippen molar-refractivity contribution in [2.24, 2.45) is 5.41 Å². The summed E-state index contributed by atoms with van der Waals surface area (Å²) < 4.78 is 0. The third-order valence-corrected chi connectivity index (χ3v) is 6.40. The molecule has 0 bridgehead atoms. The number of piperazine rings is 1. The molecule has 2 N–H and O–H groups in total. The van der Waals surface area contributed by atoms with E-state index in [2.05, 4.69) is 15.5 Å². The number of hydrogen-bond donors (Lipinski definition) is 2. The second-order valence-corrected chi connectivity index (χ2v) is 10.9. The maximum Gasteiger partial charge on any atom is 0.322 e. The zero-order valence-electron chi connectivity index (χ0n) is 21.1. The fraction of sp³-hybridized carbons (Fsp3) is 0.423. The molecular weight excluding hydrogens is 501 g/mol. The summed E-state index contributed by atoms with van der Waals surface area (Å²) in [7, 11) is 1.64. The summed E-state index contributed by atoms with van der Waals surface area (Å²) >= 11 is 12.3. The van der Waals surface area contributed by atoms with E-state index < -0.39 is 0 Å². The monoisotopic (exact) mass is 533 g/mol. The van der Waals surface area contributed by atoms with Gasteiger partial charge in [0.1, 0.15) is 0 Å². The van der Waals surface area contributed by atoms with Gasteiger partial charge in [-0.2, -0.15) is 0 Å². The lowest BCUT2D eigenvalue weighted by Crippen LogP contribution is -2.50. The summed E-state index contributed by atoms with van der Waals surface area (Å²) in [6.45, 7) is 8.39. The fourth-order valence-corrected chi connectivity index (χ4v) is 4.31. The maximum absolute atomic E-state index is 12.7. The topological polar surface area (TPSA) is 85.0 Å². The van der Waals surface area contributed by atoms with Crippen molar-refractivity contribution in [3.8, 4) is 0 Å². The van der Waals surface area contributed by atoms with Gasteiger partial charge in [0.15, 0.2) is 0 Å². The van der Waals surface area contributed by atoms with Crippen molar-refractivity contribution >= 4 is 58.1 Å². The second-order valence-electron chi connectivity index (χ2n) is 10.1. The van der Waals surface area contributed by atoms with Crippen molar-refractivity contribution in [1.82, 2.24) is 9.80 Å². The summed E-state index contributed by atoms with van der Waals surface area (Å²) in [5, 5.41) is 6.43. The van der Waals surface area contributed by atoms with Crippen LogP contribution in [0.4, 0.5) is 21.9 Å². The highest BCUT2D eigenvalue weighted by molar-refractivity contribution is 6.39. The summed E-state index contributed by atoms with van der Waals surface area (Å²) in [6, 6.07) is 12.4. The Bertz CT molecular complexity index is 1070. The van der Waals surface area contributed by atoms with Gasteiger partial charge in [-0.25, -0.2) is 4.79 Å². The largest absolute Gasteiger partial charge is 0.368 e. The van der Waals surface area contributed by atoms with Crippen LogP contribution in [-0.2, 0) is 9.59 Å². The maximum atomic E-state index is 12.7. The summed E-state index contributed by atoms with van der Waals surface area (Å²) in [5.41, 5.74) is 1.95. The number of anilines is 3. The molecule has 0 unspecified atom stereocenters. The molecule has 8 nitrogen and oxygen atoms in total. The molecule has 1 saturated heterocycles. The minimum Gasteiger partial charge on any atom is -0.368 e. The summed E-state index contributed by atoms with van der Waals surface area (Å²) in [6.07, 6.45) is 0.383. The number of carbonyl (C=O) groups is 3. The van der Waals surface area contributed by atoms with Crippen LogP contribution in [0.2, 0.25) is 10.0 Å². The first-order chi connectivity index (χ1) is 16.9. The number of nitrogens with zero attached hydrogens (tertiary/aromatic N) is 3. The SMILES string of the molecule is CN(CC(=O)Nc1ccc(N2CCN(C(=O)Nc3c(Cl)cccc3Cl)CC2)cc1)C(=O)CC(C)(C)C. The molecule has 10 heteroatoms. The summed E-state index contributed by atoms with van der Waals surface area (Å²) in [5.74, 6) is -0.304. The van der Waals surface area contributed by atoms with Crippen molar-refractivity contribution in [2.75, 3.05) is 55.3 Å². The standard InChI is InChI=1S/C26H33Cl2N5O3/c1-26(2,3)16-23(35)31(4)17-22(34)29-18-8-10-19(11-9-18)32-12-14-33(15-13-32)25(36)30-24-20(27)6-5-7-21(24)28/h5-11H,12-17H2,1-4H3,(H,29,34)(H,30,36). The van der Waals surface area contributed by atoms with Crippen molar-refractivity contribution in [2.45, 2.75) is 27.2 Å². The van der Waals surface area contributed by atoms with Crippen molar-refractivity contribution < 1.29 is 14.4 Å². The lowest BCUT2D eigenvalue weighted by molar-refractivity contribution is -0.134. The number of halogens is 2. The van der Waals surface area contributed by atoms with Crippen LogP contribution in [0.15, 0.2) is 42.5 Å². The zero-order chi connectivity index (χ0) is 26.5. The molecule has 3 rings (SSSR count). The van der Waals surface area contributed by atoms with Gasteiger partial charge in [-0.3, -0.25) is 9.59 Å². The Labute approximate surface area is 222 Å². The van der Waals surface area contributed by atoms with E-state index in [1.165, 1.54) is 4.90 Å². The van der Waals surface area contributed by atoms with Crippen LogP contribution in [-0.4, -0.2) is 67.4 Å². The van der Waals surface area contributed by atoms with Crippen molar-refractivity contribution in [3.63, 3.8) is 0 Å². The number of amides is 4. The number of nitrogens with one attached hydrogen (secondary N) is 2. The predicted octanol–water partition coefficient (Wildman–Crippen LogP) is 5.18. The van der Waals surface area contributed by atoms with Crippen LogP contribution < -0.4 is 15.5 Å². The van der Waals surface area contributed by atoms with Gasteiger partial charge in [-0.1, -0.05) is 50.0 Å². The van der Waals surface area contributed by atoms with Gasteiger partial charge in [0.05, 0.1) is 22.3 Å². The quantitative estimate of drug-likeness (QED) is 0.535. The van der Waals surface area contributed by atoms with E-state index in [1.54, 1.807) is 30.1 Å². The molecule has 0 radical (unpaired) electrons. The Morgan fingerprint density at radius 3 is 2.06 bits per heavy atom. The highest BCUT2D eigenvalue weighted by Crippen LogP contribution is 2.30. The van der Waals surface area contributed by atoms with E-state index in [0.29, 0.717) is 54.0 Å². The van der Waals surface area contributed by atoms with Crippen LogP contribution in [0.5, 0.6) is 0 Å². The predicted molar refractivity (Wildman–Crippen MR) is 146 cm³/mol. The number of para-hydroxylation sites is 1. The first kappa shape index (κ1) is 27.6. The number of likely N-dealkylation sites (N-methyl/N-ethyl adjacent to an activating group) is 1. The second kappa shape index (κ2) is 11.8. The van der Waals surface area contributed by atoms with E-state index in [1.807, 2.05) is 45.0 Å². The zero-order valence-corrected chi connectivity index (χ0v) is 22.6. The van der Waals surface area contributed by atoms with E-state index in [9.17, 15) is 14.4 Å². The van der Waals surface area contributed by atoms with Gasteiger partial charge in [0.2, 0.25) is 11.8 Å². The van der Waals surface area contributed by atoms with Crippen molar-refractivity contribution in [3.05, 3.63) is 52.5 Å². The average molecular weight is 534 g/mol. The molecular formula is C26H33Cl2N5O3. The average Bonchev–Trinajstić information content (AvgIpc) is 2.81. The van der Waals surface area contributed by atoms with Gasteiger partial charge in [0, 0.05) is 51.0 Å². The Morgan fingerprint density at radius 1 is 0.917 bits per heavy atom. The van der Waals surface area contributed by atoms with Crippen molar-refractivity contribution in [1.29, 1.82) is 0 Å². The van der Waals surface area contributed by atoms with E-state index >= 15 is 0 Å². The molecule has 0 saturated carbocycles. The first-order valence-corrected chi connectivity index (χ1v) is 12.6. The molecule has 4 amide bonds. The van der Waals surface area contributed by atoms with E-state index in [0.717, 1.165) is 5.69 Å². The fourth-order valence-electron chi connectivity index (χ4n) is 3.82. The van der Waals surface area contributed by atoms with Gasteiger partial charge >= 0.3 is 6.03 Å². The Morgan fingerprint density at radius 2 is 1.50 bits per heavy atom. The van der Waals surface area contributed by atoms with E-state index in [-0.39, 0.29) is 29.8 Å². The highest BCUT2D eigenvalue weighted by Gasteiger charge is 2.23. The Balaban J connectivity index is 1.48. The molecule has 0 aromatic heterocycles. The number of rotatable bonds is 6. The van der Waals surface area contributed by atoms with Gasteiger partial charge in [-0.05, 0) is 41.8 Å². The molecule has 1 heterocycles. The number of hydrogen-bond acceptors (Lipinski definition) is 4. The molecule has 0 spiro atoms. The molecule has 0 aliphatic carbocycles. The minimum atomic E-state index is -0.245. The number of urea groups is 1. The van der Waals surface area contributed by atoms with Crippen LogP contribution in [0.1, 0.15) is 27.2 Å². The molecule has 0 atom stereocenters. The van der Waals surface area contributed by atoms with Gasteiger partial charge in [0.25, 0.3) is 0 Å². The minimum absolute atomic E-state index is 0.0000934. The molecule has 1 aliphatic rings. The number of benzene rings is 2. The Hall–Kier alpha value is -2.97. The lowest BCUT2D eigenvalue weighted by atomic mass is 9.92. The third-order valence-electron chi connectivity index (χ3n) is 5.77. The van der Waals surface area contributed by atoms with Gasteiger partial charge < -0.3 is 25.3 Å². The third kappa shape index (κ3) is 7.77. The van der Waals surface area contributed by atoms with Crippen LogP contribution in [0.25, 0.3) is 0 Å². The molecule has 1 aliphatic heterocycles. The number of carbonyl (C=O) groups excluding carboxylic acids is 3. The highest BCUT2D eigenvalue weighted by atomic mass is 35.5. The summed E-state index contributed by atoms with van der Waals surface area (Å²) in [4.78, 5) is 42.6. The molecule has 194 valence electrons. The normalized spacial score (nSPS) is 13.8. The van der Waals surface area contributed by atoms with Gasteiger partial charge in [-0.15, -0.1) is 0 Å².